The molecule has 0 aliphatic carbocycles. The Hall–Kier alpha value is -2.33. The van der Waals surface area contributed by atoms with E-state index in [1.807, 2.05) is 0 Å². The predicted octanol–water partition coefficient (Wildman–Crippen LogP) is 2.08. The van der Waals surface area contributed by atoms with Crippen molar-refractivity contribution in [3.63, 3.8) is 0 Å². The van der Waals surface area contributed by atoms with Gasteiger partial charge >= 0.3 is 6.09 Å². The summed E-state index contributed by atoms with van der Waals surface area (Å²) >= 11 is 0. The first kappa shape index (κ1) is 24.9. The van der Waals surface area contributed by atoms with Gasteiger partial charge in [-0.2, -0.15) is 4.72 Å². The summed E-state index contributed by atoms with van der Waals surface area (Å²) in [5.74, 6) is -0.0290. The van der Waals surface area contributed by atoms with Gasteiger partial charge in [0, 0.05) is 26.2 Å². The van der Waals surface area contributed by atoms with E-state index in [1.165, 1.54) is 19.2 Å². The fraction of sp³-hybridized carbons (Fsp3) is 0.619. The van der Waals surface area contributed by atoms with Crippen LogP contribution in [0.2, 0.25) is 0 Å². The van der Waals surface area contributed by atoms with Crippen LogP contribution < -0.4 is 9.46 Å². The normalized spacial score (nSPS) is 16.2. The first-order chi connectivity index (χ1) is 14.3. The molecule has 2 rings (SSSR count). The number of hydrogen-bond acceptors (Lipinski definition) is 6. The summed E-state index contributed by atoms with van der Waals surface area (Å²) in [6.45, 7) is 10.3. The number of benzene rings is 1. The molecule has 1 aromatic carbocycles. The van der Waals surface area contributed by atoms with Crippen LogP contribution in [-0.4, -0.2) is 75.1 Å². The zero-order chi connectivity index (χ0) is 23.4. The molecule has 0 spiro atoms. The summed E-state index contributed by atoms with van der Waals surface area (Å²) < 4.78 is 38.6. The second kappa shape index (κ2) is 9.86. The molecule has 9 nitrogen and oxygen atoms in total. The Morgan fingerprint density at radius 3 is 1.97 bits per heavy atom. The average Bonchev–Trinajstić information content (AvgIpc) is 2.70. The topological polar surface area (TPSA) is 105 Å². The summed E-state index contributed by atoms with van der Waals surface area (Å²) in [6.07, 6.45) is -0.416. The Morgan fingerprint density at radius 1 is 1.00 bits per heavy atom. The molecular weight excluding hydrogens is 422 g/mol. The number of piperazine rings is 1. The largest absolute Gasteiger partial charge is 0.497 e. The van der Waals surface area contributed by atoms with Crippen LogP contribution in [0.25, 0.3) is 0 Å². The van der Waals surface area contributed by atoms with Crippen LogP contribution in [0.4, 0.5) is 4.79 Å². The monoisotopic (exact) mass is 455 g/mol. The number of amides is 2. The summed E-state index contributed by atoms with van der Waals surface area (Å²) in [5, 5.41) is 0. The molecule has 2 amide bonds. The van der Waals surface area contributed by atoms with Gasteiger partial charge in [-0.05, 0) is 51.0 Å². The molecule has 31 heavy (non-hydrogen) atoms. The smallest absolute Gasteiger partial charge is 0.410 e. The van der Waals surface area contributed by atoms with E-state index in [4.69, 9.17) is 9.47 Å². The quantitative estimate of drug-likeness (QED) is 0.704. The van der Waals surface area contributed by atoms with Gasteiger partial charge in [0.2, 0.25) is 15.9 Å². The highest BCUT2D eigenvalue weighted by Crippen LogP contribution is 2.18. The van der Waals surface area contributed by atoms with Gasteiger partial charge in [0.15, 0.2) is 0 Å². The third-order valence-corrected chi connectivity index (χ3v) is 6.28. The number of sulfonamides is 1. The Morgan fingerprint density at radius 2 is 1.52 bits per heavy atom. The number of methoxy groups -OCH3 is 1. The van der Waals surface area contributed by atoms with E-state index in [1.54, 1.807) is 56.6 Å². The van der Waals surface area contributed by atoms with Crippen LogP contribution in [0.1, 0.15) is 34.6 Å². The molecule has 1 aromatic rings. The van der Waals surface area contributed by atoms with E-state index in [-0.39, 0.29) is 16.7 Å². The van der Waals surface area contributed by atoms with Gasteiger partial charge in [0.25, 0.3) is 0 Å². The average molecular weight is 456 g/mol. The molecule has 1 aliphatic rings. The van der Waals surface area contributed by atoms with Gasteiger partial charge in [-0.3, -0.25) is 4.79 Å². The van der Waals surface area contributed by atoms with Crippen molar-refractivity contribution in [2.45, 2.75) is 51.2 Å². The molecule has 0 unspecified atom stereocenters. The number of hydrogen-bond donors (Lipinski definition) is 1. The Labute approximate surface area is 184 Å². The molecule has 1 atom stereocenters. The van der Waals surface area contributed by atoms with Crippen molar-refractivity contribution in [3.05, 3.63) is 24.3 Å². The zero-order valence-electron chi connectivity index (χ0n) is 19.0. The van der Waals surface area contributed by atoms with Crippen LogP contribution in [0.5, 0.6) is 5.75 Å². The molecule has 1 heterocycles. The van der Waals surface area contributed by atoms with E-state index < -0.39 is 27.8 Å². The first-order valence-electron chi connectivity index (χ1n) is 10.3. The number of rotatable bonds is 6. The maximum absolute atomic E-state index is 13.1. The van der Waals surface area contributed by atoms with Gasteiger partial charge in [-0.25, -0.2) is 13.2 Å². The summed E-state index contributed by atoms with van der Waals surface area (Å²) in [6, 6.07) is 5.05. The van der Waals surface area contributed by atoms with Crippen molar-refractivity contribution < 1.29 is 27.5 Å². The minimum atomic E-state index is -3.90. The van der Waals surface area contributed by atoms with Gasteiger partial charge < -0.3 is 19.3 Å². The van der Waals surface area contributed by atoms with Gasteiger partial charge in [0.05, 0.1) is 12.0 Å². The van der Waals surface area contributed by atoms with E-state index >= 15 is 0 Å². The molecular formula is C21H33N3O6S. The second-order valence-corrected chi connectivity index (χ2v) is 10.5. The molecule has 0 aromatic heterocycles. The van der Waals surface area contributed by atoms with Crippen LogP contribution in [-0.2, 0) is 19.6 Å². The summed E-state index contributed by atoms with van der Waals surface area (Å²) in [4.78, 5) is 28.5. The van der Waals surface area contributed by atoms with Crippen LogP contribution in [0.3, 0.4) is 0 Å². The van der Waals surface area contributed by atoms with Gasteiger partial charge in [0.1, 0.15) is 17.4 Å². The van der Waals surface area contributed by atoms with E-state index in [9.17, 15) is 18.0 Å². The van der Waals surface area contributed by atoms with E-state index in [0.29, 0.717) is 31.9 Å². The standard InChI is InChI=1S/C21H33N3O6S/c1-15(2)18(22-31(27,28)17-9-7-16(29-6)8-10-17)19(25)23-11-13-24(14-12-23)20(26)30-21(3,4)5/h7-10,15,18,22H,11-14H2,1-6H3/t18-/m0/s1. The highest BCUT2D eigenvalue weighted by Gasteiger charge is 2.34. The fourth-order valence-electron chi connectivity index (χ4n) is 3.09. The van der Waals surface area contributed by atoms with E-state index in [0.717, 1.165) is 0 Å². The van der Waals surface area contributed by atoms with Crippen molar-refractivity contribution in [2.24, 2.45) is 5.92 Å². The highest BCUT2D eigenvalue weighted by molar-refractivity contribution is 7.89. The lowest BCUT2D eigenvalue weighted by Gasteiger charge is -2.37. The third kappa shape index (κ3) is 6.83. The second-order valence-electron chi connectivity index (χ2n) is 8.81. The predicted molar refractivity (Wildman–Crippen MR) is 116 cm³/mol. The summed E-state index contributed by atoms with van der Waals surface area (Å²) in [5.41, 5.74) is -0.591. The molecule has 0 bridgehead atoms. The number of carbonyl (C=O) groups excluding carboxylic acids is 2. The SMILES string of the molecule is COc1ccc(S(=O)(=O)N[C@H](C(=O)N2CCN(C(=O)OC(C)(C)C)CC2)C(C)C)cc1. The molecule has 1 N–H and O–H groups in total. The van der Waals surface area contributed by atoms with Crippen molar-refractivity contribution in [1.29, 1.82) is 0 Å². The third-order valence-electron chi connectivity index (χ3n) is 4.83. The Bertz CT molecular complexity index is 869. The molecule has 10 heteroatoms. The van der Waals surface area contributed by atoms with Gasteiger partial charge in [-0.15, -0.1) is 0 Å². The molecule has 1 aliphatic heterocycles. The maximum Gasteiger partial charge on any atom is 0.410 e. The van der Waals surface area contributed by atoms with Crippen molar-refractivity contribution >= 4 is 22.0 Å². The maximum atomic E-state index is 13.1. The first-order valence-corrected chi connectivity index (χ1v) is 11.8. The lowest BCUT2D eigenvalue weighted by molar-refractivity contribution is -0.135. The van der Waals surface area contributed by atoms with Crippen LogP contribution in [0, 0.1) is 5.92 Å². The van der Waals surface area contributed by atoms with Crippen molar-refractivity contribution in [3.8, 4) is 5.75 Å². The number of nitrogens with one attached hydrogen (secondary N) is 1. The van der Waals surface area contributed by atoms with Crippen LogP contribution >= 0.6 is 0 Å². The van der Waals surface area contributed by atoms with Gasteiger partial charge in [-0.1, -0.05) is 13.8 Å². The molecule has 1 fully saturated rings. The summed E-state index contributed by atoms with van der Waals surface area (Å²) in [7, 11) is -2.40. The molecule has 174 valence electrons. The van der Waals surface area contributed by atoms with Crippen molar-refractivity contribution in [2.75, 3.05) is 33.3 Å². The molecule has 0 saturated carbocycles. The number of carbonyl (C=O) groups is 2. The lowest BCUT2D eigenvalue weighted by Crippen LogP contribution is -2.57. The molecule has 1 saturated heterocycles. The Kier molecular flexibility index (Phi) is 7.93. The highest BCUT2D eigenvalue weighted by atomic mass is 32.2. The number of ether oxygens (including phenoxy) is 2. The minimum Gasteiger partial charge on any atom is -0.497 e. The van der Waals surface area contributed by atoms with E-state index in [2.05, 4.69) is 4.72 Å². The molecule has 0 radical (unpaired) electrons. The zero-order valence-corrected chi connectivity index (χ0v) is 19.9. The Balaban J connectivity index is 2.05. The number of nitrogens with zero attached hydrogens (tertiary/aromatic N) is 2. The lowest BCUT2D eigenvalue weighted by atomic mass is 10.0. The van der Waals surface area contributed by atoms with Crippen molar-refractivity contribution in [1.82, 2.24) is 14.5 Å². The van der Waals surface area contributed by atoms with Crippen LogP contribution in [0.15, 0.2) is 29.2 Å². The minimum absolute atomic E-state index is 0.0569. The fourth-order valence-corrected chi connectivity index (χ4v) is 4.43.